The molecule has 0 bridgehead atoms. The SMILES string of the molecule is CCC1=Cc2c(-c3ccc(C(C)C)cc3)cccc2[CH]1[Zr]([Cl])([Cl])([CH]1C(C(C)C)=Cc2c(-c3ccc(C(C)C)cc3)cccc21)[SiH](C)C. The molecule has 0 N–H and O–H groups in total. The van der Waals surface area contributed by atoms with Crippen molar-refractivity contribution in [1.82, 2.24) is 0 Å². The molecule has 0 saturated heterocycles. The third-order valence-corrected chi connectivity index (χ3v) is 63.1. The van der Waals surface area contributed by atoms with Crippen LogP contribution in [0.5, 0.6) is 0 Å². The van der Waals surface area contributed by atoms with Crippen LogP contribution in [0.15, 0.2) is 96.1 Å². The van der Waals surface area contributed by atoms with Crippen molar-refractivity contribution in [3.8, 4) is 22.3 Å². The molecular formula is C43H51Cl2SiZr. The summed E-state index contributed by atoms with van der Waals surface area (Å²) in [7, 11) is 17.3. The molecule has 4 aromatic carbocycles. The first-order chi connectivity index (χ1) is 22.3. The Bertz CT molecular complexity index is 1860. The molecule has 0 aliphatic heterocycles. The molecule has 2 aliphatic rings. The molecule has 0 heterocycles. The third kappa shape index (κ3) is 5.78. The van der Waals surface area contributed by atoms with Crippen molar-refractivity contribution >= 4 is 35.1 Å². The predicted molar refractivity (Wildman–Crippen MR) is 209 cm³/mol. The van der Waals surface area contributed by atoms with E-state index in [9.17, 15) is 0 Å². The van der Waals surface area contributed by atoms with E-state index >= 15 is 0 Å². The second-order valence-corrected chi connectivity index (χ2v) is 57.8. The van der Waals surface area contributed by atoms with Crippen LogP contribution in [0.25, 0.3) is 34.4 Å². The van der Waals surface area contributed by atoms with Crippen molar-refractivity contribution in [2.75, 3.05) is 0 Å². The second kappa shape index (κ2) is 13.1. The van der Waals surface area contributed by atoms with Gasteiger partial charge in [0.2, 0.25) is 0 Å². The molecule has 47 heavy (non-hydrogen) atoms. The van der Waals surface area contributed by atoms with Crippen LogP contribution in [0, 0.1) is 5.92 Å². The molecule has 0 fully saturated rings. The summed E-state index contributed by atoms with van der Waals surface area (Å²) in [6.45, 7) is 20.9. The van der Waals surface area contributed by atoms with Gasteiger partial charge in [0.15, 0.2) is 0 Å². The van der Waals surface area contributed by atoms with Crippen molar-refractivity contribution in [2.45, 2.75) is 87.1 Å². The summed E-state index contributed by atoms with van der Waals surface area (Å²) >= 11 is -4.82. The van der Waals surface area contributed by atoms with E-state index in [1.54, 1.807) is 0 Å². The molecule has 2 atom stereocenters. The zero-order valence-electron chi connectivity index (χ0n) is 29.7. The minimum absolute atomic E-state index is 0.0937. The Morgan fingerprint density at radius 3 is 1.45 bits per heavy atom. The quantitative estimate of drug-likeness (QED) is 0.149. The summed E-state index contributed by atoms with van der Waals surface area (Å²) in [6.07, 6.45) is 5.92. The van der Waals surface area contributed by atoms with Gasteiger partial charge in [0.05, 0.1) is 0 Å². The van der Waals surface area contributed by atoms with Gasteiger partial charge in [0, 0.05) is 0 Å². The van der Waals surface area contributed by atoms with E-state index in [0.29, 0.717) is 17.8 Å². The fourth-order valence-corrected chi connectivity index (χ4v) is 40.0. The molecule has 0 nitrogen and oxygen atoms in total. The molecule has 0 saturated carbocycles. The van der Waals surface area contributed by atoms with Crippen molar-refractivity contribution < 1.29 is 15.6 Å². The van der Waals surface area contributed by atoms with Crippen molar-refractivity contribution in [3.05, 3.63) is 129 Å². The summed E-state index contributed by atoms with van der Waals surface area (Å²) in [5.41, 5.74) is 16.1. The Hall–Kier alpha value is -1.96. The van der Waals surface area contributed by atoms with Crippen LogP contribution in [0.2, 0.25) is 13.1 Å². The van der Waals surface area contributed by atoms with Crippen LogP contribution in [-0.2, 0) is 15.6 Å². The molecule has 0 amide bonds. The third-order valence-electron chi connectivity index (χ3n) is 11.3. The number of hydrogen-bond donors (Lipinski definition) is 0. The molecular weight excluding hydrogens is 707 g/mol. The molecule has 0 radical (unpaired) electrons. The van der Waals surface area contributed by atoms with Crippen molar-refractivity contribution in [3.63, 3.8) is 0 Å². The summed E-state index contributed by atoms with van der Waals surface area (Å²) in [6, 6.07) is 32.1. The molecule has 0 aromatic heterocycles. The van der Waals surface area contributed by atoms with Gasteiger partial charge in [-0.1, -0.05) is 0 Å². The molecule has 245 valence electrons. The van der Waals surface area contributed by atoms with Crippen LogP contribution in [0.1, 0.15) is 107 Å². The topological polar surface area (TPSA) is 0 Å². The van der Waals surface area contributed by atoms with Crippen LogP contribution in [0.3, 0.4) is 0 Å². The van der Waals surface area contributed by atoms with E-state index in [1.165, 1.54) is 66.8 Å². The Morgan fingerprint density at radius 2 is 1.04 bits per heavy atom. The van der Waals surface area contributed by atoms with Gasteiger partial charge in [0.1, 0.15) is 0 Å². The fraction of sp³-hybridized carbons (Fsp3) is 0.349. The van der Waals surface area contributed by atoms with Gasteiger partial charge in [0.25, 0.3) is 0 Å². The summed E-state index contributed by atoms with van der Waals surface area (Å²) in [4.78, 5) is 0. The van der Waals surface area contributed by atoms with Crippen LogP contribution < -0.4 is 0 Å². The normalized spacial score (nSPS) is 18.4. The van der Waals surface area contributed by atoms with Gasteiger partial charge >= 0.3 is 295 Å². The standard InChI is InChI=1S/C21H23.C20H21.C2H7Si.2ClH.Zr/c1-14(2)16-8-10-17(11-9-16)20-7-5-6-18-12-19(15(3)4)13-21(18)20;1-4-15-12-18-6-5-7-19(20(18)13-15)17-10-8-16(9-11-17)14(2)3;1-3-2;;;/h5-15H,1-4H3;5-14H,4H2,1-3H3;3H,1-2H3;2*1H;/q;;;;;+2/p-2. The van der Waals surface area contributed by atoms with Gasteiger partial charge < -0.3 is 0 Å². The van der Waals surface area contributed by atoms with E-state index in [-0.39, 0.29) is 7.25 Å². The van der Waals surface area contributed by atoms with E-state index in [1.807, 2.05) is 0 Å². The maximum absolute atomic E-state index is 8.67. The van der Waals surface area contributed by atoms with E-state index < -0.39 is 21.5 Å². The van der Waals surface area contributed by atoms with Gasteiger partial charge in [-0.25, -0.2) is 0 Å². The minimum atomic E-state index is -4.82. The van der Waals surface area contributed by atoms with E-state index in [2.05, 4.69) is 159 Å². The summed E-state index contributed by atoms with van der Waals surface area (Å²) in [5.74, 6) is -0.258. The first-order valence-corrected chi connectivity index (χ1v) is 34.0. The number of allylic oxidation sites excluding steroid dienone is 2. The Morgan fingerprint density at radius 1 is 0.596 bits per heavy atom. The molecule has 2 unspecified atom stereocenters. The van der Waals surface area contributed by atoms with Gasteiger partial charge in [-0.3, -0.25) is 0 Å². The predicted octanol–water partition coefficient (Wildman–Crippen LogP) is 13.9. The summed E-state index contributed by atoms with van der Waals surface area (Å²) in [5, 5.41) is 0. The van der Waals surface area contributed by atoms with Crippen LogP contribution in [-0.4, -0.2) is 5.92 Å². The van der Waals surface area contributed by atoms with E-state index in [0.717, 1.165) is 6.42 Å². The zero-order chi connectivity index (χ0) is 33.9. The molecule has 4 heteroatoms. The monoisotopic (exact) mass is 755 g/mol. The molecule has 4 aromatic rings. The van der Waals surface area contributed by atoms with E-state index in [4.69, 9.17) is 17.0 Å². The van der Waals surface area contributed by atoms with Crippen molar-refractivity contribution in [1.29, 1.82) is 0 Å². The number of benzene rings is 4. The van der Waals surface area contributed by atoms with Crippen LogP contribution >= 0.6 is 17.0 Å². The zero-order valence-corrected chi connectivity index (χ0v) is 34.8. The average molecular weight is 758 g/mol. The van der Waals surface area contributed by atoms with Crippen molar-refractivity contribution in [2.24, 2.45) is 5.92 Å². The average Bonchev–Trinajstić information content (AvgIpc) is 3.65. The molecule has 2 aliphatic carbocycles. The fourth-order valence-electron chi connectivity index (χ4n) is 8.39. The Labute approximate surface area is 293 Å². The maximum atomic E-state index is 8.67. The Balaban J connectivity index is 1.54. The Kier molecular flexibility index (Phi) is 9.69. The number of fused-ring (bicyclic) bond motifs is 2. The molecule has 6 rings (SSSR count). The van der Waals surface area contributed by atoms with Gasteiger partial charge in [-0.05, 0) is 0 Å². The first kappa shape index (κ1) is 34.9. The number of rotatable bonds is 9. The van der Waals surface area contributed by atoms with Gasteiger partial charge in [-0.2, -0.15) is 0 Å². The number of halogens is 2. The molecule has 0 spiro atoms. The second-order valence-electron chi connectivity index (χ2n) is 15.3. The number of hydrogen-bond acceptors (Lipinski definition) is 0. The first-order valence-electron chi connectivity index (χ1n) is 17.7. The van der Waals surface area contributed by atoms with Gasteiger partial charge in [-0.15, -0.1) is 0 Å². The summed E-state index contributed by atoms with van der Waals surface area (Å²) < 4.78 is 0.199. The van der Waals surface area contributed by atoms with Crippen LogP contribution in [0.4, 0.5) is 0 Å².